The van der Waals surface area contributed by atoms with Gasteiger partial charge in [-0.25, -0.2) is 4.98 Å². The van der Waals surface area contributed by atoms with Crippen molar-refractivity contribution in [3.05, 3.63) is 5.82 Å². The molecular formula is C9H15N3OS. The summed E-state index contributed by atoms with van der Waals surface area (Å²) in [5.41, 5.74) is 0. The van der Waals surface area contributed by atoms with E-state index >= 15 is 0 Å². The Morgan fingerprint density at radius 3 is 3.14 bits per heavy atom. The molecule has 0 spiro atoms. The van der Waals surface area contributed by atoms with Crippen molar-refractivity contribution in [2.45, 2.75) is 32.3 Å². The summed E-state index contributed by atoms with van der Waals surface area (Å²) in [7, 11) is 0. The summed E-state index contributed by atoms with van der Waals surface area (Å²) < 4.78 is 4.28. The van der Waals surface area contributed by atoms with Gasteiger partial charge in [0.05, 0.1) is 6.10 Å². The van der Waals surface area contributed by atoms with Crippen LogP contribution in [-0.4, -0.2) is 33.7 Å². The molecule has 2 heterocycles. The van der Waals surface area contributed by atoms with Crippen molar-refractivity contribution in [1.29, 1.82) is 0 Å². The minimum Gasteiger partial charge on any atom is -0.391 e. The molecule has 0 amide bonds. The summed E-state index contributed by atoms with van der Waals surface area (Å²) in [6.45, 7) is 3.74. The Morgan fingerprint density at radius 1 is 1.64 bits per heavy atom. The molecule has 0 aliphatic carbocycles. The Balaban J connectivity index is 2.02. The van der Waals surface area contributed by atoms with Gasteiger partial charge < -0.3 is 10.0 Å². The Labute approximate surface area is 87.8 Å². The summed E-state index contributed by atoms with van der Waals surface area (Å²) in [6, 6.07) is 0. The molecule has 1 atom stereocenters. The smallest absolute Gasteiger partial charge is 0.205 e. The lowest BCUT2D eigenvalue weighted by Gasteiger charge is -2.11. The van der Waals surface area contributed by atoms with Crippen molar-refractivity contribution >= 4 is 16.7 Å². The number of aromatic nitrogens is 2. The third-order valence-corrected chi connectivity index (χ3v) is 3.18. The van der Waals surface area contributed by atoms with Crippen LogP contribution in [0, 0.1) is 0 Å². The second-order valence-corrected chi connectivity index (χ2v) is 4.36. The SMILES string of the molecule is CCCc1nsc(N2CCC(O)C2)n1. The molecule has 1 aliphatic rings. The average Bonchev–Trinajstić information content (AvgIpc) is 2.74. The van der Waals surface area contributed by atoms with Crippen LogP contribution in [0.25, 0.3) is 0 Å². The first-order valence-corrected chi connectivity index (χ1v) is 5.82. The van der Waals surface area contributed by atoms with E-state index in [4.69, 9.17) is 0 Å². The van der Waals surface area contributed by atoms with E-state index in [1.165, 1.54) is 11.5 Å². The first kappa shape index (κ1) is 9.86. The maximum atomic E-state index is 9.39. The number of aliphatic hydroxyl groups is 1. The van der Waals surface area contributed by atoms with E-state index in [1.807, 2.05) is 0 Å². The molecule has 4 nitrogen and oxygen atoms in total. The second kappa shape index (κ2) is 4.23. The van der Waals surface area contributed by atoms with Crippen LogP contribution in [0.5, 0.6) is 0 Å². The van der Waals surface area contributed by atoms with E-state index in [1.54, 1.807) is 0 Å². The maximum Gasteiger partial charge on any atom is 0.205 e. The minimum atomic E-state index is -0.187. The standard InChI is InChI=1S/C9H15N3OS/c1-2-3-8-10-9(14-11-8)12-5-4-7(13)6-12/h7,13H,2-6H2,1H3. The van der Waals surface area contributed by atoms with Crippen LogP contribution in [-0.2, 0) is 6.42 Å². The fourth-order valence-corrected chi connectivity index (χ4v) is 2.36. The maximum absolute atomic E-state index is 9.39. The lowest BCUT2D eigenvalue weighted by Crippen LogP contribution is -2.20. The predicted molar refractivity (Wildman–Crippen MR) is 56.7 cm³/mol. The molecule has 14 heavy (non-hydrogen) atoms. The highest BCUT2D eigenvalue weighted by molar-refractivity contribution is 7.09. The molecule has 0 aromatic carbocycles. The molecule has 1 saturated heterocycles. The van der Waals surface area contributed by atoms with E-state index in [-0.39, 0.29) is 6.10 Å². The van der Waals surface area contributed by atoms with Gasteiger partial charge in [-0.1, -0.05) is 6.92 Å². The van der Waals surface area contributed by atoms with Gasteiger partial charge in [0.25, 0.3) is 0 Å². The Bertz CT molecular complexity index is 302. The van der Waals surface area contributed by atoms with E-state index in [0.29, 0.717) is 6.54 Å². The molecule has 1 aromatic heterocycles. The molecule has 1 fully saturated rings. The van der Waals surface area contributed by atoms with Gasteiger partial charge in [-0.2, -0.15) is 4.37 Å². The number of hydrogen-bond acceptors (Lipinski definition) is 5. The van der Waals surface area contributed by atoms with Gasteiger partial charge in [-0.3, -0.25) is 0 Å². The van der Waals surface area contributed by atoms with Gasteiger partial charge in [0.1, 0.15) is 5.82 Å². The van der Waals surface area contributed by atoms with Crippen molar-refractivity contribution in [1.82, 2.24) is 9.36 Å². The van der Waals surface area contributed by atoms with Gasteiger partial charge in [0, 0.05) is 31.0 Å². The quantitative estimate of drug-likeness (QED) is 0.815. The van der Waals surface area contributed by atoms with Crippen LogP contribution in [0.3, 0.4) is 0 Å². The summed E-state index contributed by atoms with van der Waals surface area (Å²) in [4.78, 5) is 6.55. The zero-order valence-electron chi connectivity index (χ0n) is 8.31. The summed E-state index contributed by atoms with van der Waals surface area (Å²) in [5, 5.41) is 10.3. The first-order valence-electron chi connectivity index (χ1n) is 5.05. The number of anilines is 1. The lowest BCUT2D eigenvalue weighted by molar-refractivity contribution is 0.198. The van der Waals surface area contributed by atoms with Crippen LogP contribution >= 0.6 is 11.5 Å². The zero-order chi connectivity index (χ0) is 9.97. The highest BCUT2D eigenvalue weighted by atomic mass is 32.1. The third kappa shape index (κ3) is 2.04. The van der Waals surface area contributed by atoms with Gasteiger partial charge in [0.15, 0.2) is 0 Å². The van der Waals surface area contributed by atoms with Gasteiger partial charge >= 0.3 is 0 Å². The molecule has 78 valence electrons. The summed E-state index contributed by atoms with van der Waals surface area (Å²) in [6.07, 6.45) is 2.70. The molecule has 1 aliphatic heterocycles. The van der Waals surface area contributed by atoms with Gasteiger partial charge in [-0.05, 0) is 12.8 Å². The average molecular weight is 213 g/mol. The van der Waals surface area contributed by atoms with Crippen molar-refractivity contribution < 1.29 is 5.11 Å². The highest BCUT2D eigenvalue weighted by Crippen LogP contribution is 2.22. The molecule has 2 rings (SSSR count). The topological polar surface area (TPSA) is 49.2 Å². The number of rotatable bonds is 3. The molecule has 0 saturated carbocycles. The predicted octanol–water partition coefficient (Wildman–Crippen LogP) is 1.06. The van der Waals surface area contributed by atoms with Crippen LogP contribution in [0.1, 0.15) is 25.6 Å². The Kier molecular flexibility index (Phi) is 2.98. The normalized spacial score (nSPS) is 21.9. The number of β-amino-alcohol motifs (C(OH)–C–C–N with tert-alkyl or cyclic N) is 1. The van der Waals surface area contributed by atoms with Crippen molar-refractivity contribution in [3.63, 3.8) is 0 Å². The second-order valence-electron chi connectivity index (χ2n) is 3.63. The summed E-state index contributed by atoms with van der Waals surface area (Å²) >= 11 is 1.44. The Morgan fingerprint density at radius 2 is 2.50 bits per heavy atom. The zero-order valence-corrected chi connectivity index (χ0v) is 9.13. The number of aliphatic hydroxyl groups excluding tert-OH is 1. The molecular weight excluding hydrogens is 198 g/mol. The largest absolute Gasteiger partial charge is 0.391 e. The van der Waals surface area contributed by atoms with Gasteiger partial charge in [-0.15, -0.1) is 0 Å². The van der Waals surface area contributed by atoms with E-state index in [2.05, 4.69) is 21.2 Å². The lowest BCUT2D eigenvalue weighted by atomic mass is 10.3. The Hall–Kier alpha value is -0.680. The van der Waals surface area contributed by atoms with E-state index < -0.39 is 0 Å². The number of nitrogens with zero attached hydrogens (tertiary/aromatic N) is 3. The van der Waals surface area contributed by atoms with Crippen LogP contribution in [0.2, 0.25) is 0 Å². The van der Waals surface area contributed by atoms with Crippen molar-refractivity contribution in [2.24, 2.45) is 0 Å². The van der Waals surface area contributed by atoms with Crippen LogP contribution in [0.4, 0.5) is 5.13 Å². The minimum absolute atomic E-state index is 0.187. The van der Waals surface area contributed by atoms with Gasteiger partial charge in [0.2, 0.25) is 5.13 Å². The van der Waals surface area contributed by atoms with Crippen molar-refractivity contribution in [2.75, 3.05) is 18.0 Å². The molecule has 1 aromatic rings. The molecule has 5 heteroatoms. The number of aryl methyl sites for hydroxylation is 1. The summed E-state index contributed by atoms with van der Waals surface area (Å²) in [5.74, 6) is 0.939. The van der Waals surface area contributed by atoms with E-state index in [0.717, 1.165) is 36.8 Å². The fourth-order valence-electron chi connectivity index (χ4n) is 1.61. The number of hydrogen-bond donors (Lipinski definition) is 1. The third-order valence-electron chi connectivity index (χ3n) is 2.36. The molecule has 1 N–H and O–H groups in total. The van der Waals surface area contributed by atoms with E-state index in [9.17, 15) is 5.11 Å². The first-order chi connectivity index (χ1) is 6.79. The monoisotopic (exact) mass is 213 g/mol. The van der Waals surface area contributed by atoms with Crippen LogP contribution < -0.4 is 4.90 Å². The van der Waals surface area contributed by atoms with Crippen molar-refractivity contribution in [3.8, 4) is 0 Å². The molecule has 0 bridgehead atoms. The highest BCUT2D eigenvalue weighted by Gasteiger charge is 2.22. The molecule has 1 unspecified atom stereocenters. The fraction of sp³-hybridized carbons (Fsp3) is 0.778. The van der Waals surface area contributed by atoms with Crippen LogP contribution in [0.15, 0.2) is 0 Å². The molecule has 0 radical (unpaired) electrons.